The average Bonchev–Trinajstić information content (AvgIpc) is 2.77. The molecule has 0 aliphatic carbocycles. The summed E-state index contributed by atoms with van der Waals surface area (Å²) in [6.45, 7) is 1.65. The summed E-state index contributed by atoms with van der Waals surface area (Å²) in [5.74, 6) is -0.826. The van der Waals surface area contributed by atoms with Gasteiger partial charge in [0.2, 0.25) is 0 Å². The summed E-state index contributed by atoms with van der Waals surface area (Å²) in [7, 11) is 0. The van der Waals surface area contributed by atoms with Gasteiger partial charge in [0, 0.05) is 12.0 Å². The molecule has 0 aromatic heterocycles. The Morgan fingerprint density at radius 2 is 1.45 bits per heavy atom. The van der Waals surface area contributed by atoms with Gasteiger partial charge in [-0.25, -0.2) is 0 Å². The normalized spacial score (nSPS) is 13.3. The second-order valence-corrected chi connectivity index (χ2v) is 6.63. The molecule has 3 aromatic carbocycles. The van der Waals surface area contributed by atoms with Crippen LogP contribution in [0, 0.1) is 5.92 Å². The number of benzene rings is 3. The Morgan fingerprint density at radius 1 is 0.897 bits per heavy atom. The van der Waals surface area contributed by atoms with E-state index >= 15 is 0 Å². The number of carbonyl (C=O) groups is 1. The number of carboxylic acid groups (broad SMARTS) is 1. The third kappa shape index (κ3) is 5.94. The minimum atomic E-state index is -0.881. The Bertz CT molecular complexity index is 927. The topological polar surface area (TPSA) is 68.1 Å². The van der Waals surface area contributed by atoms with E-state index in [0.717, 1.165) is 11.1 Å². The van der Waals surface area contributed by atoms with Crippen molar-refractivity contribution in [2.75, 3.05) is 0 Å². The first-order valence-electron chi connectivity index (χ1n) is 9.41. The fourth-order valence-electron chi connectivity index (χ4n) is 2.71. The molecule has 2 unspecified atom stereocenters. The molecule has 3 aromatic rings. The van der Waals surface area contributed by atoms with Gasteiger partial charge in [-0.15, -0.1) is 0 Å². The number of hydrogen-bond donors (Lipinski definition) is 1. The van der Waals surface area contributed by atoms with Gasteiger partial charge < -0.3 is 14.7 Å². The minimum Gasteiger partial charge on any atom is -0.481 e. The Hall–Kier alpha value is -3.60. The van der Waals surface area contributed by atoms with Crippen molar-refractivity contribution >= 4 is 11.7 Å². The molecule has 0 saturated carbocycles. The fourth-order valence-corrected chi connectivity index (χ4v) is 2.71. The maximum Gasteiger partial charge on any atom is 0.306 e. The summed E-state index contributed by atoms with van der Waals surface area (Å²) in [5.41, 5.74) is 2.17. The number of carboxylic acids is 1. The molecule has 0 aliphatic heterocycles. The van der Waals surface area contributed by atoms with Crippen molar-refractivity contribution in [3.05, 3.63) is 102 Å². The van der Waals surface area contributed by atoms with E-state index in [1.807, 2.05) is 91.0 Å². The van der Waals surface area contributed by atoms with Crippen molar-refractivity contribution < 1.29 is 19.5 Å². The predicted octanol–water partition coefficient (Wildman–Crippen LogP) is 5.30. The van der Waals surface area contributed by atoms with E-state index in [-0.39, 0.29) is 6.42 Å². The number of ether oxygens (including phenoxy) is 1. The van der Waals surface area contributed by atoms with Crippen LogP contribution in [0.5, 0.6) is 5.75 Å². The zero-order valence-corrected chi connectivity index (χ0v) is 16.1. The number of oxime groups is 1. The van der Waals surface area contributed by atoms with Crippen LogP contribution in [0.25, 0.3) is 0 Å². The molecule has 0 heterocycles. The summed E-state index contributed by atoms with van der Waals surface area (Å²) >= 11 is 0. The highest BCUT2D eigenvalue weighted by molar-refractivity contribution is 6.01. The van der Waals surface area contributed by atoms with Gasteiger partial charge in [-0.1, -0.05) is 90.9 Å². The number of aliphatic carboxylic acids is 1. The molecule has 148 valence electrons. The summed E-state index contributed by atoms with van der Waals surface area (Å²) in [4.78, 5) is 17.1. The van der Waals surface area contributed by atoms with Crippen molar-refractivity contribution in [1.82, 2.24) is 0 Å². The molecular weight excluding hydrogens is 366 g/mol. The highest BCUT2D eigenvalue weighted by Gasteiger charge is 2.19. The summed E-state index contributed by atoms with van der Waals surface area (Å²) in [6, 6.07) is 28.3. The van der Waals surface area contributed by atoms with E-state index in [4.69, 9.17) is 9.57 Å². The molecule has 5 nitrogen and oxygen atoms in total. The van der Waals surface area contributed by atoms with Crippen molar-refractivity contribution in [2.24, 2.45) is 11.1 Å². The maximum atomic E-state index is 11.3. The molecule has 0 amide bonds. The van der Waals surface area contributed by atoms with Gasteiger partial charge in [0.25, 0.3) is 6.29 Å². The first-order chi connectivity index (χ1) is 14.1. The van der Waals surface area contributed by atoms with Crippen LogP contribution in [0.15, 0.2) is 96.2 Å². The quantitative estimate of drug-likeness (QED) is 0.306. The van der Waals surface area contributed by atoms with Crippen molar-refractivity contribution in [3.8, 4) is 5.75 Å². The standard InChI is InChI=1S/C24H23NO4/c1-18(23(26)27)17-22(19-11-5-2-6-12-19)25-29-24(20-13-7-3-8-14-20)28-21-15-9-4-10-16-21/h2-16,18,24H,17H2,1H3,(H,26,27). The third-order valence-corrected chi connectivity index (χ3v) is 4.34. The molecule has 0 radical (unpaired) electrons. The smallest absolute Gasteiger partial charge is 0.306 e. The van der Waals surface area contributed by atoms with Crippen LogP contribution in [-0.4, -0.2) is 16.8 Å². The van der Waals surface area contributed by atoms with Crippen LogP contribution in [0.2, 0.25) is 0 Å². The average molecular weight is 389 g/mol. The molecule has 0 fully saturated rings. The van der Waals surface area contributed by atoms with E-state index in [9.17, 15) is 9.90 Å². The van der Waals surface area contributed by atoms with Crippen LogP contribution in [0.1, 0.15) is 30.8 Å². The molecule has 0 spiro atoms. The lowest BCUT2D eigenvalue weighted by Crippen LogP contribution is -2.17. The lowest BCUT2D eigenvalue weighted by Gasteiger charge is -2.18. The number of hydrogen-bond acceptors (Lipinski definition) is 4. The van der Waals surface area contributed by atoms with Crippen LogP contribution < -0.4 is 4.74 Å². The van der Waals surface area contributed by atoms with Gasteiger partial charge in [-0.3, -0.25) is 4.79 Å². The second-order valence-electron chi connectivity index (χ2n) is 6.63. The molecule has 29 heavy (non-hydrogen) atoms. The minimum absolute atomic E-state index is 0.242. The zero-order valence-electron chi connectivity index (χ0n) is 16.1. The summed E-state index contributed by atoms with van der Waals surface area (Å²) < 4.78 is 5.99. The summed E-state index contributed by atoms with van der Waals surface area (Å²) in [5, 5.41) is 13.6. The Morgan fingerprint density at radius 3 is 2.03 bits per heavy atom. The van der Waals surface area contributed by atoms with E-state index in [1.165, 1.54) is 0 Å². The second kappa shape index (κ2) is 10.1. The lowest BCUT2D eigenvalue weighted by molar-refractivity contribution is -0.140. The van der Waals surface area contributed by atoms with Crippen LogP contribution >= 0.6 is 0 Å². The van der Waals surface area contributed by atoms with E-state index in [1.54, 1.807) is 6.92 Å². The molecule has 2 atom stereocenters. The molecule has 0 aliphatic rings. The first-order valence-corrected chi connectivity index (χ1v) is 9.41. The Kier molecular flexibility index (Phi) is 7.00. The molecular formula is C24H23NO4. The third-order valence-electron chi connectivity index (χ3n) is 4.34. The summed E-state index contributed by atoms with van der Waals surface area (Å²) in [6.07, 6.45) is -0.524. The van der Waals surface area contributed by atoms with Crippen molar-refractivity contribution in [1.29, 1.82) is 0 Å². The van der Waals surface area contributed by atoms with Crippen molar-refractivity contribution in [3.63, 3.8) is 0 Å². The van der Waals surface area contributed by atoms with E-state index < -0.39 is 18.2 Å². The predicted molar refractivity (Wildman–Crippen MR) is 112 cm³/mol. The highest BCUT2D eigenvalue weighted by atomic mass is 16.8. The molecule has 5 heteroatoms. The maximum absolute atomic E-state index is 11.3. The number of nitrogens with zero attached hydrogens (tertiary/aromatic N) is 1. The number of rotatable bonds is 9. The van der Waals surface area contributed by atoms with E-state index in [0.29, 0.717) is 11.5 Å². The van der Waals surface area contributed by atoms with Gasteiger partial charge in [0.1, 0.15) is 5.75 Å². The van der Waals surface area contributed by atoms with E-state index in [2.05, 4.69) is 5.16 Å². The highest BCUT2D eigenvalue weighted by Crippen LogP contribution is 2.24. The fraction of sp³-hybridized carbons (Fsp3) is 0.167. The Balaban J connectivity index is 1.88. The van der Waals surface area contributed by atoms with Gasteiger partial charge >= 0.3 is 5.97 Å². The molecule has 0 bridgehead atoms. The van der Waals surface area contributed by atoms with Gasteiger partial charge in [-0.2, -0.15) is 0 Å². The van der Waals surface area contributed by atoms with Crippen LogP contribution in [-0.2, 0) is 9.63 Å². The van der Waals surface area contributed by atoms with Crippen LogP contribution in [0.4, 0.5) is 0 Å². The SMILES string of the molecule is CC(CC(=NOC(Oc1ccccc1)c1ccccc1)c1ccccc1)C(=O)O. The lowest BCUT2D eigenvalue weighted by atomic mass is 9.99. The monoisotopic (exact) mass is 389 g/mol. The first kappa shape index (κ1) is 20.1. The van der Waals surface area contributed by atoms with Crippen LogP contribution in [0.3, 0.4) is 0 Å². The van der Waals surface area contributed by atoms with Gasteiger partial charge in [-0.05, 0) is 17.7 Å². The van der Waals surface area contributed by atoms with Gasteiger partial charge in [0.15, 0.2) is 0 Å². The Labute approximate surface area is 170 Å². The van der Waals surface area contributed by atoms with Crippen molar-refractivity contribution in [2.45, 2.75) is 19.6 Å². The van der Waals surface area contributed by atoms with Gasteiger partial charge in [0.05, 0.1) is 11.6 Å². The molecule has 1 N–H and O–H groups in total. The number of para-hydroxylation sites is 1. The largest absolute Gasteiger partial charge is 0.481 e. The molecule has 3 rings (SSSR count). The molecule has 0 saturated heterocycles. The zero-order chi connectivity index (χ0) is 20.5.